The molecule has 106 valence electrons. The summed E-state index contributed by atoms with van der Waals surface area (Å²) in [6, 6.07) is 4.84. The SMILES string of the molecule is CCOC(=O)C(=NNc1ccc2c(c1)OCO2)C(=O)O. The molecule has 2 N–H and O–H groups in total. The number of fused-ring (bicyclic) bond motifs is 1. The molecule has 0 spiro atoms. The van der Waals surface area contributed by atoms with Gasteiger partial charge in [0.15, 0.2) is 11.5 Å². The van der Waals surface area contributed by atoms with E-state index in [1.165, 1.54) is 0 Å². The fraction of sp³-hybridized carbons (Fsp3) is 0.250. The molecule has 2 rings (SSSR count). The van der Waals surface area contributed by atoms with Crippen LogP contribution in [0, 0.1) is 0 Å². The quantitative estimate of drug-likeness (QED) is 0.356. The van der Waals surface area contributed by atoms with E-state index in [4.69, 9.17) is 14.6 Å². The van der Waals surface area contributed by atoms with Gasteiger partial charge in [0.1, 0.15) is 0 Å². The number of nitrogens with zero attached hydrogens (tertiary/aromatic N) is 1. The smallest absolute Gasteiger partial charge is 0.366 e. The first-order valence-electron chi connectivity index (χ1n) is 5.75. The number of ether oxygens (including phenoxy) is 3. The molecule has 1 heterocycles. The molecule has 0 fully saturated rings. The summed E-state index contributed by atoms with van der Waals surface area (Å²) in [5.74, 6) is -1.38. The van der Waals surface area contributed by atoms with Crippen molar-refractivity contribution < 1.29 is 28.9 Å². The number of anilines is 1. The van der Waals surface area contributed by atoms with Crippen molar-refractivity contribution in [2.45, 2.75) is 6.92 Å². The Hall–Kier alpha value is -2.77. The van der Waals surface area contributed by atoms with Crippen LogP contribution in [0.1, 0.15) is 6.92 Å². The number of carboxylic acid groups (broad SMARTS) is 1. The van der Waals surface area contributed by atoms with Crippen LogP contribution in [0.5, 0.6) is 11.5 Å². The molecule has 8 nitrogen and oxygen atoms in total. The zero-order valence-corrected chi connectivity index (χ0v) is 10.6. The molecule has 0 radical (unpaired) electrons. The highest BCUT2D eigenvalue weighted by molar-refractivity contribution is 6.62. The summed E-state index contributed by atoms with van der Waals surface area (Å²) in [6.07, 6.45) is 0. The Morgan fingerprint density at radius 1 is 1.40 bits per heavy atom. The van der Waals surface area contributed by atoms with Crippen LogP contribution in [0.2, 0.25) is 0 Å². The molecule has 8 heteroatoms. The van der Waals surface area contributed by atoms with Crippen LogP contribution in [-0.2, 0) is 14.3 Å². The van der Waals surface area contributed by atoms with Crippen molar-refractivity contribution in [2.24, 2.45) is 5.10 Å². The topological polar surface area (TPSA) is 106 Å². The Morgan fingerprint density at radius 3 is 2.85 bits per heavy atom. The minimum absolute atomic E-state index is 0.0646. The second-order valence-electron chi connectivity index (χ2n) is 3.67. The number of hydrazone groups is 1. The second-order valence-corrected chi connectivity index (χ2v) is 3.67. The minimum atomic E-state index is -1.48. The molecule has 1 aromatic carbocycles. The summed E-state index contributed by atoms with van der Waals surface area (Å²) >= 11 is 0. The van der Waals surface area contributed by atoms with Gasteiger partial charge in [-0.25, -0.2) is 9.59 Å². The van der Waals surface area contributed by atoms with Crippen molar-refractivity contribution in [1.82, 2.24) is 0 Å². The third kappa shape index (κ3) is 2.97. The average Bonchev–Trinajstić information content (AvgIpc) is 2.86. The zero-order chi connectivity index (χ0) is 14.5. The molecule has 0 saturated heterocycles. The Labute approximate surface area is 113 Å². The van der Waals surface area contributed by atoms with Crippen LogP contribution < -0.4 is 14.9 Å². The van der Waals surface area contributed by atoms with E-state index >= 15 is 0 Å². The maximum atomic E-state index is 11.4. The van der Waals surface area contributed by atoms with Crippen molar-refractivity contribution in [1.29, 1.82) is 0 Å². The van der Waals surface area contributed by atoms with Gasteiger partial charge in [-0.3, -0.25) is 5.43 Å². The molecule has 0 amide bonds. The zero-order valence-electron chi connectivity index (χ0n) is 10.6. The molecule has 20 heavy (non-hydrogen) atoms. The molecular weight excluding hydrogens is 268 g/mol. The van der Waals surface area contributed by atoms with Gasteiger partial charge in [0.2, 0.25) is 6.79 Å². The monoisotopic (exact) mass is 280 g/mol. The van der Waals surface area contributed by atoms with Gasteiger partial charge in [0, 0.05) is 6.07 Å². The highest BCUT2D eigenvalue weighted by Gasteiger charge is 2.21. The molecule has 0 unspecified atom stereocenters. The van der Waals surface area contributed by atoms with Crippen molar-refractivity contribution in [3.05, 3.63) is 18.2 Å². The first-order chi connectivity index (χ1) is 9.61. The summed E-state index contributed by atoms with van der Waals surface area (Å²) in [4.78, 5) is 22.3. The van der Waals surface area contributed by atoms with E-state index in [2.05, 4.69) is 15.3 Å². The molecule has 1 aliphatic heterocycles. The number of carboxylic acids is 1. The lowest BCUT2D eigenvalue weighted by Gasteiger charge is -2.04. The van der Waals surface area contributed by atoms with Crippen LogP contribution in [-0.4, -0.2) is 36.2 Å². The second kappa shape index (κ2) is 5.91. The first kappa shape index (κ1) is 13.7. The number of hydrogen-bond acceptors (Lipinski definition) is 7. The van der Waals surface area contributed by atoms with E-state index in [-0.39, 0.29) is 13.4 Å². The summed E-state index contributed by atoms with van der Waals surface area (Å²) in [5.41, 5.74) is 2.19. The molecule has 1 aliphatic rings. The number of carbonyl (C=O) groups excluding carboxylic acids is 1. The van der Waals surface area contributed by atoms with Crippen LogP contribution in [0.4, 0.5) is 5.69 Å². The maximum Gasteiger partial charge on any atom is 0.366 e. The van der Waals surface area contributed by atoms with Crippen molar-refractivity contribution in [2.75, 3.05) is 18.8 Å². The van der Waals surface area contributed by atoms with Crippen molar-refractivity contribution in [3.8, 4) is 11.5 Å². The Balaban J connectivity index is 2.13. The lowest BCUT2D eigenvalue weighted by Crippen LogP contribution is -2.27. The predicted molar refractivity (Wildman–Crippen MR) is 67.9 cm³/mol. The van der Waals surface area contributed by atoms with Gasteiger partial charge in [-0.15, -0.1) is 0 Å². The van der Waals surface area contributed by atoms with Crippen molar-refractivity contribution >= 4 is 23.3 Å². The van der Waals surface area contributed by atoms with Gasteiger partial charge < -0.3 is 19.3 Å². The molecule has 0 aliphatic carbocycles. The summed E-state index contributed by atoms with van der Waals surface area (Å²) in [5, 5.41) is 12.4. The van der Waals surface area contributed by atoms with E-state index in [1.807, 2.05) is 0 Å². The molecule has 1 aromatic rings. The van der Waals surface area contributed by atoms with Crippen LogP contribution >= 0.6 is 0 Å². The largest absolute Gasteiger partial charge is 0.476 e. The van der Waals surface area contributed by atoms with Gasteiger partial charge in [-0.2, -0.15) is 5.10 Å². The van der Waals surface area contributed by atoms with Gasteiger partial charge >= 0.3 is 11.9 Å². The highest BCUT2D eigenvalue weighted by atomic mass is 16.7. The Morgan fingerprint density at radius 2 is 2.15 bits per heavy atom. The third-order valence-corrected chi connectivity index (χ3v) is 2.34. The van der Waals surface area contributed by atoms with Gasteiger partial charge in [-0.05, 0) is 19.1 Å². The van der Waals surface area contributed by atoms with Crippen LogP contribution in [0.3, 0.4) is 0 Å². The van der Waals surface area contributed by atoms with E-state index in [0.717, 1.165) is 0 Å². The maximum absolute atomic E-state index is 11.4. The lowest BCUT2D eigenvalue weighted by atomic mass is 10.3. The fourth-order valence-electron chi connectivity index (χ4n) is 1.47. The standard InChI is InChI=1S/C12H12N2O6/c1-2-18-12(17)10(11(15)16)14-13-7-3-4-8-9(5-7)20-6-19-8/h3-5,13H,2,6H2,1H3,(H,15,16). The van der Waals surface area contributed by atoms with Gasteiger partial charge in [0.05, 0.1) is 12.3 Å². The van der Waals surface area contributed by atoms with E-state index in [9.17, 15) is 9.59 Å². The number of esters is 1. The Bertz CT molecular complexity index is 569. The van der Waals surface area contributed by atoms with Gasteiger partial charge in [0.25, 0.3) is 5.71 Å². The van der Waals surface area contributed by atoms with Crippen LogP contribution in [0.25, 0.3) is 0 Å². The minimum Gasteiger partial charge on any atom is -0.476 e. The average molecular weight is 280 g/mol. The van der Waals surface area contributed by atoms with E-state index in [0.29, 0.717) is 17.2 Å². The van der Waals surface area contributed by atoms with E-state index < -0.39 is 17.7 Å². The molecule has 0 aromatic heterocycles. The number of carbonyl (C=O) groups is 2. The summed E-state index contributed by atoms with van der Waals surface area (Å²) in [6.45, 7) is 1.77. The normalized spacial score (nSPS) is 12.9. The van der Waals surface area contributed by atoms with Crippen LogP contribution in [0.15, 0.2) is 23.3 Å². The summed E-state index contributed by atoms with van der Waals surface area (Å²) in [7, 11) is 0. The number of nitrogens with one attached hydrogen (secondary N) is 1. The number of benzene rings is 1. The number of rotatable bonds is 5. The number of aliphatic carboxylic acids is 1. The first-order valence-corrected chi connectivity index (χ1v) is 5.75. The molecule has 0 bridgehead atoms. The molecule has 0 atom stereocenters. The predicted octanol–water partition coefficient (Wildman–Crippen LogP) is 0.831. The number of hydrogen-bond donors (Lipinski definition) is 2. The lowest BCUT2D eigenvalue weighted by molar-refractivity contribution is -0.138. The van der Waals surface area contributed by atoms with E-state index in [1.54, 1.807) is 25.1 Å². The highest BCUT2D eigenvalue weighted by Crippen LogP contribution is 2.34. The molecular formula is C12H12N2O6. The van der Waals surface area contributed by atoms with Crippen molar-refractivity contribution in [3.63, 3.8) is 0 Å². The van der Waals surface area contributed by atoms with Gasteiger partial charge in [-0.1, -0.05) is 0 Å². The summed E-state index contributed by atoms with van der Waals surface area (Å²) < 4.78 is 14.9. The Kier molecular flexibility index (Phi) is 4.04. The third-order valence-electron chi connectivity index (χ3n) is 2.34. The molecule has 0 saturated carbocycles. The fourth-order valence-corrected chi connectivity index (χ4v) is 1.47.